The lowest BCUT2D eigenvalue weighted by molar-refractivity contribution is -0.151. The molecule has 2 aliphatic rings. The molecule has 0 aromatic heterocycles. The number of carbonyl (C=O) groups is 1. The molecule has 4 heteroatoms. The maximum Gasteiger partial charge on any atom is 0.228 e. The van der Waals surface area contributed by atoms with Crippen LogP contribution in [0, 0.1) is 10.8 Å². The lowest BCUT2D eigenvalue weighted by atomic mass is 9.64. The number of halogens is 1. The van der Waals surface area contributed by atoms with E-state index in [1.165, 1.54) is 6.42 Å². The molecule has 0 spiro atoms. The number of rotatable bonds is 3. The minimum absolute atomic E-state index is 0. The molecular weight excluding hydrogens is 260 g/mol. The third-order valence-electron chi connectivity index (χ3n) is 5.09. The van der Waals surface area contributed by atoms with Gasteiger partial charge in [0.1, 0.15) is 0 Å². The van der Waals surface area contributed by atoms with Crippen LogP contribution in [0.4, 0.5) is 0 Å². The largest absolute Gasteiger partial charge is 0.342 e. The van der Waals surface area contributed by atoms with E-state index >= 15 is 0 Å². The van der Waals surface area contributed by atoms with Crippen LogP contribution in [0.1, 0.15) is 59.3 Å². The van der Waals surface area contributed by atoms with Gasteiger partial charge in [0, 0.05) is 24.5 Å². The normalized spacial score (nSPS) is 28.2. The molecule has 0 aromatic carbocycles. The highest BCUT2D eigenvalue weighted by atomic mass is 35.5. The number of piperidine rings is 1. The first-order valence-corrected chi connectivity index (χ1v) is 7.46. The molecule has 19 heavy (non-hydrogen) atoms. The van der Waals surface area contributed by atoms with Crippen molar-refractivity contribution in [3.63, 3.8) is 0 Å². The molecule has 112 valence electrons. The van der Waals surface area contributed by atoms with Gasteiger partial charge in [-0.3, -0.25) is 4.79 Å². The molecule has 1 saturated carbocycles. The van der Waals surface area contributed by atoms with Crippen molar-refractivity contribution in [3.05, 3.63) is 0 Å². The van der Waals surface area contributed by atoms with Crippen molar-refractivity contribution < 1.29 is 4.79 Å². The molecule has 0 bridgehead atoms. The minimum atomic E-state index is -0.00767. The van der Waals surface area contributed by atoms with E-state index in [2.05, 4.69) is 25.7 Å². The monoisotopic (exact) mass is 288 g/mol. The number of nitrogens with two attached hydrogens (primary N) is 1. The summed E-state index contributed by atoms with van der Waals surface area (Å²) < 4.78 is 0. The lowest BCUT2D eigenvalue weighted by Gasteiger charge is -2.49. The van der Waals surface area contributed by atoms with Gasteiger partial charge in [-0.15, -0.1) is 12.4 Å². The Morgan fingerprint density at radius 2 is 2.00 bits per heavy atom. The number of likely N-dealkylation sites (tertiary alicyclic amines) is 1. The Morgan fingerprint density at radius 1 is 1.37 bits per heavy atom. The van der Waals surface area contributed by atoms with E-state index in [0.29, 0.717) is 5.91 Å². The van der Waals surface area contributed by atoms with Crippen LogP contribution in [0.2, 0.25) is 0 Å². The van der Waals surface area contributed by atoms with E-state index in [0.717, 1.165) is 45.2 Å². The second kappa shape index (κ2) is 6.01. The maximum atomic E-state index is 12.8. The number of nitrogens with zero attached hydrogens (tertiary/aromatic N) is 1. The number of amides is 1. The van der Waals surface area contributed by atoms with Crippen LogP contribution >= 0.6 is 12.4 Å². The molecule has 2 rings (SSSR count). The third-order valence-corrected chi connectivity index (χ3v) is 5.09. The second-order valence-electron chi connectivity index (χ2n) is 6.99. The minimum Gasteiger partial charge on any atom is -0.342 e. The van der Waals surface area contributed by atoms with E-state index < -0.39 is 0 Å². The summed E-state index contributed by atoms with van der Waals surface area (Å²) in [5, 5.41) is 0. The van der Waals surface area contributed by atoms with Gasteiger partial charge in [-0.2, -0.15) is 0 Å². The maximum absolute atomic E-state index is 12.8. The van der Waals surface area contributed by atoms with Crippen LogP contribution in [0.25, 0.3) is 0 Å². The first-order chi connectivity index (χ1) is 8.41. The summed E-state index contributed by atoms with van der Waals surface area (Å²) in [7, 11) is 0. The van der Waals surface area contributed by atoms with Crippen LogP contribution in [0.3, 0.4) is 0 Å². The van der Waals surface area contributed by atoms with Crippen LogP contribution < -0.4 is 5.73 Å². The molecule has 1 unspecified atom stereocenters. The van der Waals surface area contributed by atoms with Gasteiger partial charge in [0.05, 0.1) is 0 Å². The molecule has 1 amide bonds. The summed E-state index contributed by atoms with van der Waals surface area (Å²) in [6, 6.07) is 0.227. The number of hydrogen-bond acceptors (Lipinski definition) is 2. The first-order valence-electron chi connectivity index (χ1n) is 7.46. The van der Waals surface area contributed by atoms with Crippen molar-refractivity contribution in [1.29, 1.82) is 0 Å². The molecule has 2 fully saturated rings. The van der Waals surface area contributed by atoms with Crippen molar-refractivity contribution >= 4 is 18.3 Å². The van der Waals surface area contributed by atoms with Crippen molar-refractivity contribution in [2.45, 2.75) is 65.3 Å². The SMILES string of the molecule is CCCC1(C(=O)N2CCC(N)C(C)(C)C2)CCC1.Cl. The smallest absolute Gasteiger partial charge is 0.228 e. The van der Waals surface area contributed by atoms with Crippen LogP contribution in [0.5, 0.6) is 0 Å². The van der Waals surface area contributed by atoms with E-state index in [1.54, 1.807) is 0 Å². The molecule has 1 heterocycles. The van der Waals surface area contributed by atoms with Gasteiger partial charge in [-0.1, -0.05) is 33.6 Å². The van der Waals surface area contributed by atoms with Crippen LogP contribution in [0.15, 0.2) is 0 Å². The standard InChI is InChI=1S/C15H28N2O.ClH/c1-4-7-15(8-5-9-15)13(18)17-10-6-12(16)14(2,3)11-17;/h12H,4-11,16H2,1-3H3;1H. The van der Waals surface area contributed by atoms with Gasteiger partial charge in [0.15, 0.2) is 0 Å². The van der Waals surface area contributed by atoms with Gasteiger partial charge in [0.25, 0.3) is 0 Å². The van der Waals surface area contributed by atoms with Gasteiger partial charge in [-0.25, -0.2) is 0 Å². The average Bonchev–Trinajstić information content (AvgIpc) is 2.26. The van der Waals surface area contributed by atoms with Gasteiger partial charge >= 0.3 is 0 Å². The summed E-state index contributed by atoms with van der Waals surface area (Å²) in [5.41, 5.74) is 6.20. The van der Waals surface area contributed by atoms with Crippen LogP contribution in [-0.4, -0.2) is 29.9 Å². The fourth-order valence-electron chi connectivity index (χ4n) is 3.54. The van der Waals surface area contributed by atoms with E-state index in [9.17, 15) is 4.79 Å². The Morgan fingerprint density at radius 3 is 2.42 bits per heavy atom. The fourth-order valence-corrected chi connectivity index (χ4v) is 3.54. The average molecular weight is 289 g/mol. The van der Waals surface area contributed by atoms with Gasteiger partial charge in [-0.05, 0) is 31.1 Å². The molecule has 0 radical (unpaired) electrons. The summed E-state index contributed by atoms with van der Waals surface area (Å²) in [5.74, 6) is 0.413. The summed E-state index contributed by atoms with van der Waals surface area (Å²) in [6.45, 7) is 8.24. The Bertz CT molecular complexity index is 326. The Kier molecular flexibility index (Phi) is 5.30. The molecule has 1 atom stereocenters. The molecular formula is C15H29ClN2O. The third kappa shape index (κ3) is 3.08. The van der Waals surface area contributed by atoms with Crippen molar-refractivity contribution in [1.82, 2.24) is 4.90 Å². The highest BCUT2D eigenvalue weighted by molar-refractivity contribution is 5.85. The Balaban J connectivity index is 0.00000180. The fraction of sp³-hybridized carbons (Fsp3) is 0.933. The highest BCUT2D eigenvalue weighted by Crippen LogP contribution is 2.47. The second-order valence-corrected chi connectivity index (χ2v) is 6.99. The zero-order valence-electron chi connectivity index (χ0n) is 12.6. The predicted octanol–water partition coefficient (Wildman–Crippen LogP) is 2.96. The lowest BCUT2D eigenvalue weighted by Crippen LogP contribution is -2.58. The molecule has 1 saturated heterocycles. The molecule has 1 aliphatic heterocycles. The Hall–Kier alpha value is -0.280. The molecule has 1 aliphatic carbocycles. The van der Waals surface area contributed by atoms with Crippen molar-refractivity contribution in [3.8, 4) is 0 Å². The molecule has 3 nitrogen and oxygen atoms in total. The number of carbonyl (C=O) groups excluding carboxylic acids is 1. The summed E-state index contributed by atoms with van der Waals surface area (Å²) in [4.78, 5) is 14.9. The van der Waals surface area contributed by atoms with Crippen molar-refractivity contribution in [2.24, 2.45) is 16.6 Å². The highest BCUT2D eigenvalue weighted by Gasteiger charge is 2.47. The van der Waals surface area contributed by atoms with E-state index in [4.69, 9.17) is 5.73 Å². The molecule has 0 aromatic rings. The quantitative estimate of drug-likeness (QED) is 0.868. The van der Waals surface area contributed by atoms with E-state index in [1.807, 2.05) is 0 Å². The van der Waals surface area contributed by atoms with Gasteiger partial charge in [0.2, 0.25) is 5.91 Å². The predicted molar refractivity (Wildman–Crippen MR) is 81.4 cm³/mol. The zero-order chi connectivity index (χ0) is 13.4. The Labute approximate surface area is 123 Å². The first kappa shape index (κ1) is 16.8. The van der Waals surface area contributed by atoms with Crippen molar-refractivity contribution in [2.75, 3.05) is 13.1 Å². The summed E-state index contributed by atoms with van der Waals surface area (Å²) >= 11 is 0. The topological polar surface area (TPSA) is 46.3 Å². The molecule has 2 N–H and O–H groups in total. The number of hydrogen-bond donors (Lipinski definition) is 1. The van der Waals surface area contributed by atoms with Gasteiger partial charge < -0.3 is 10.6 Å². The summed E-state index contributed by atoms with van der Waals surface area (Å²) in [6.07, 6.45) is 6.55. The zero-order valence-corrected chi connectivity index (χ0v) is 13.4. The van der Waals surface area contributed by atoms with E-state index in [-0.39, 0.29) is 29.3 Å². The van der Waals surface area contributed by atoms with Crippen LogP contribution in [-0.2, 0) is 4.79 Å².